The molecule has 3 heteroatoms. The van der Waals surface area contributed by atoms with Gasteiger partial charge in [-0.2, -0.15) is 0 Å². The van der Waals surface area contributed by atoms with Crippen molar-refractivity contribution in [3.63, 3.8) is 0 Å². The molecule has 0 atom stereocenters. The van der Waals surface area contributed by atoms with Crippen molar-refractivity contribution in [2.75, 3.05) is 0 Å². The molecule has 0 saturated carbocycles. The Kier molecular flexibility index (Phi) is 5.16. The number of thiophene rings is 2. The van der Waals surface area contributed by atoms with E-state index in [9.17, 15) is 0 Å². The van der Waals surface area contributed by atoms with E-state index in [-0.39, 0.29) is 0 Å². The number of hydrogen-bond donors (Lipinski definition) is 0. The first-order chi connectivity index (χ1) is 10.9. The zero-order valence-corrected chi connectivity index (χ0v) is 19.8. The third-order valence-electron chi connectivity index (χ3n) is 4.52. The molecule has 0 radical (unpaired) electrons. The van der Waals surface area contributed by atoms with Crippen molar-refractivity contribution in [2.24, 2.45) is 0 Å². The topological polar surface area (TPSA) is 0 Å². The van der Waals surface area contributed by atoms with Crippen molar-refractivity contribution in [3.05, 3.63) is 28.1 Å². The molecule has 0 spiro atoms. The van der Waals surface area contributed by atoms with E-state index in [1.807, 2.05) is 11.3 Å². The minimum atomic E-state index is -2.01. The fraction of sp³-hybridized carbons (Fsp3) is 0.500. The van der Waals surface area contributed by atoms with Gasteiger partial charge in [0.05, 0.1) is 0 Å². The molecule has 3 rings (SSSR count). The van der Waals surface area contributed by atoms with Gasteiger partial charge in [-0.05, 0) is 0 Å². The Balaban J connectivity index is 2.43. The summed E-state index contributed by atoms with van der Waals surface area (Å²) in [6.07, 6.45) is 4.90. The van der Waals surface area contributed by atoms with Crippen LogP contribution in [0, 0.1) is 6.92 Å². The standard InChI is InChI=1S/C17H19S2.3CH3.Sn/c1-4-6-12-14-8-9-18-16(14)13(7-5-2)15-10-11(3)19-17(12)15;;;;/h8,10H,4-7H2,1-3H3;3*1H3;. The summed E-state index contributed by atoms with van der Waals surface area (Å²) >= 11 is 2.13. The van der Waals surface area contributed by atoms with Gasteiger partial charge >= 0.3 is 154 Å². The molecule has 23 heavy (non-hydrogen) atoms. The Bertz CT molecular complexity index is 785. The van der Waals surface area contributed by atoms with Crippen molar-refractivity contribution < 1.29 is 0 Å². The van der Waals surface area contributed by atoms with Gasteiger partial charge in [0.2, 0.25) is 0 Å². The molecular weight excluding hydrogens is 423 g/mol. The summed E-state index contributed by atoms with van der Waals surface area (Å²) in [6, 6.07) is 5.04. The van der Waals surface area contributed by atoms with Crippen molar-refractivity contribution in [1.82, 2.24) is 0 Å². The Morgan fingerprint density at radius 3 is 1.87 bits per heavy atom. The zero-order chi connectivity index (χ0) is 16.8. The van der Waals surface area contributed by atoms with Crippen molar-refractivity contribution in [3.8, 4) is 0 Å². The van der Waals surface area contributed by atoms with Gasteiger partial charge in [-0.25, -0.2) is 0 Å². The minimum absolute atomic E-state index is 1.22. The maximum atomic E-state index is 2.59. The van der Waals surface area contributed by atoms with Gasteiger partial charge in [0, 0.05) is 0 Å². The van der Waals surface area contributed by atoms with Gasteiger partial charge in [0.25, 0.3) is 0 Å². The van der Waals surface area contributed by atoms with Crippen LogP contribution in [-0.4, -0.2) is 18.4 Å². The van der Waals surface area contributed by atoms with Gasteiger partial charge in [-0.1, -0.05) is 0 Å². The van der Waals surface area contributed by atoms with E-state index in [1.54, 1.807) is 34.2 Å². The normalized spacial score (nSPS) is 12.6. The molecule has 0 unspecified atom stereocenters. The van der Waals surface area contributed by atoms with Crippen LogP contribution in [0.1, 0.15) is 42.7 Å². The molecule has 0 saturated heterocycles. The van der Waals surface area contributed by atoms with Crippen LogP contribution in [-0.2, 0) is 12.8 Å². The number of fused-ring (bicyclic) bond motifs is 2. The van der Waals surface area contributed by atoms with Crippen LogP contribution in [0.4, 0.5) is 0 Å². The Labute approximate surface area is 152 Å². The van der Waals surface area contributed by atoms with Crippen LogP contribution in [0.2, 0.25) is 14.8 Å². The molecular formula is C20H28S2Sn. The molecule has 0 aliphatic heterocycles. The Morgan fingerprint density at radius 1 is 0.826 bits per heavy atom. The summed E-state index contributed by atoms with van der Waals surface area (Å²) < 4.78 is 4.93. The average molecular weight is 451 g/mol. The molecule has 1 aromatic carbocycles. The summed E-state index contributed by atoms with van der Waals surface area (Å²) in [5.74, 6) is 0. The van der Waals surface area contributed by atoms with Crippen molar-refractivity contribution >= 4 is 64.1 Å². The molecule has 3 aromatic rings. The first-order valence-corrected chi connectivity index (χ1v) is 20.5. The molecule has 0 N–H and O–H groups in total. The number of benzene rings is 1. The van der Waals surface area contributed by atoms with E-state index < -0.39 is 18.4 Å². The third kappa shape index (κ3) is 3.23. The fourth-order valence-corrected chi connectivity index (χ4v) is 11.0. The van der Waals surface area contributed by atoms with E-state index in [0.717, 1.165) is 0 Å². The van der Waals surface area contributed by atoms with Gasteiger partial charge < -0.3 is 0 Å². The van der Waals surface area contributed by atoms with E-state index in [1.165, 1.54) is 30.6 Å². The number of aryl methyl sites for hydroxylation is 3. The summed E-state index contributed by atoms with van der Waals surface area (Å²) in [5, 5.41) is 3.15. The Morgan fingerprint density at radius 2 is 1.35 bits per heavy atom. The molecule has 2 heterocycles. The second-order valence-electron chi connectivity index (χ2n) is 7.66. The molecule has 0 bridgehead atoms. The van der Waals surface area contributed by atoms with E-state index in [2.05, 4.69) is 59.1 Å². The second-order valence-corrected chi connectivity index (χ2v) is 25.4. The van der Waals surface area contributed by atoms with E-state index in [0.29, 0.717) is 0 Å². The van der Waals surface area contributed by atoms with Gasteiger partial charge in [0.15, 0.2) is 0 Å². The quantitative estimate of drug-likeness (QED) is 0.371. The van der Waals surface area contributed by atoms with E-state index in [4.69, 9.17) is 0 Å². The molecule has 0 aliphatic rings. The number of hydrogen-bond acceptors (Lipinski definition) is 2. The summed E-state index contributed by atoms with van der Waals surface area (Å²) in [6.45, 7) is 6.89. The summed E-state index contributed by atoms with van der Waals surface area (Å²) in [4.78, 5) is 9.10. The molecule has 0 aliphatic carbocycles. The summed E-state index contributed by atoms with van der Waals surface area (Å²) in [7, 11) is 0. The van der Waals surface area contributed by atoms with Crippen molar-refractivity contribution in [2.45, 2.75) is 61.3 Å². The van der Waals surface area contributed by atoms with Gasteiger partial charge in [-0.15, -0.1) is 0 Å². The van der Waals surface area contributed by atoms with Crippen LogP contribution in [0.15, 0.2) is 12.1 Å². The predicted molar refractivity (Wildman–Crippen MR) is 113 cm³/mol. The van der Waals surface area contributed by atoms with Crippen LogP contribution < -0.4 is 2.89 Å². The molecule has 2 aromatic heterocycles. The zero-order valence-electron chi connectivity index (χ0n) is 15.3. The molecule has 124 valence electrons. The molecule has 0 fully saturated rings. The Hall–Kier alpha value is -0.0613. The van der Waals surface area contributed by atoms with Crippen LogP contribution in [0.3, 0.4) is 0 Å². The first-order valence-electron chi connectivity index (χ1n) is 8.84. The predicted octanol–water partition coefficient (Wildman–Crippen LogP) is 6.87. The SMILES string of the molecule is CCCc1c2c[c]([Sn]([CH3])([CH3])[CH3])sc2c(CCC)c2cc(C)sc12. The van der Waals surface area contributed by atoms with Crippen LogP contribution in [0.5, 0.6) is 0 Å². The van der Waals surface area contributed by atoms with Crippen LogP contribution in [0.25, 0.3) is 20.2 Å². The second kappa shape index (κ2) is 6.68. The fourth-order valence-electron chi connectivity index (χ4n) is 3.41. The third-order valence-corrected chi connectivity index (χ3v) is 16.3. The van der Waals surface area contributed by atoms with Crippen LogP contribution >= 0.6 is 22.7 Å². The first kappa shape index (κ1) is 17.8. The number of rotatable bonds is 5. The van der Waals surface area contributed by atoms with Crippen molar-refractivity contribution in [1.29, 1.82) is 0 Å². The van der Waals surface area contributed by atoms with Gasteiger partial charge in [0.1, 0.15) is 0 Å². The summed E-state index contributed by atoms with van der Waals surface area (Å²) in [5.41, 5.74) is 3.27. The maximum absolute atomic E-state index is 2.59. The monoisotopic (exact) mass is 452 g/mol. The molecule has 0 amide bonds. The molecule has 0 nitrogen and oxygen atoms in total. The van der Waals surface area contributed by atoms with Gasteiger partial charge in [-0.3, -0.25) is 0 Å². The average Bonchev–Trinajstić information content (AvgIpc) is 3.05. The van der Waals surface area contributed by atoms with E-state index >= 15 is 0 Å².